The smallest absolute Gasteiger partial charge is 0.186 e. The summed E-state index contributed by atoms with van der Waals surface area (Å²) < 4.78 is 22.5. The Morgan fingerprint density at radius 1 is 0.946 bits per heavy atom. The first-order valence-corrected chi connectivity index (χ1v) is 12.4. The van der Waals surface area contributed by atoms with E-state index in [2.05, 4.69) is 0 Å². The van der Waals surface area contributed by atoms with E-state index in [9.17, 15) is 40.5 Å². The molecule has 0 spiro atoms. The minimum Gasteiger partial charge on any atom is -0.394 e. The molecule has 2 heterocycles. The van der Waals surface area contributed by atoms with Crippen molar-refractivity contribution in [1.82, 2.24) is 0 Å². The first-order chi connectivity index (χ1) is 17.3. The van der Waals surface area contributed by atoms with Gasteiger partial charge in [0.25, 0.3) is 0 Å². The van der Waals surface area contributed by atoms with Crippen molar-refractivity contribution in [3.8, 4) is 0 Å². The first kappa shape index (κ1) is 30.3. The van der Waals surface area contributed by atoms with E-state index in [-0.39, 0.29) is 11.2 Å². The van der Waals surface area contributed by atoms with Crippen molar-refractivity contribution in [2.75, 3.05) is 13.2 Å². The average Bonchev–Trinajstić information content (AvgIpc) is 2.82. The summed E-state index contributed by atoms with van der Waals surface area (Å²) in [5.41, 5.74) is 1.68. The zero-order valence-electron chi connectivity index (χ0n) is 21.5. The molecule has 12 heteroatoms. The molecule has 212 valence electrons. The van der Waals surface area contributed by atoms with E-state index in [1.807, 2.05) is 26.8 Å². The predicted molar refractivity (Wildman–Crippen MR) is 127 cm³/mol. The maximum atomic E-state index is 11.4. The number of ether oxygens (including phenoxy) is 4. The Labute approximate surface area is 215 Å². The third kappa shape index (κ3) is 6.84. The van der Waals surface area contributed by atoms with Gasteiger partial charge in [0.05, 0.1) is 19.3 Å². The highest BCUT2D eigenvalue weighted by Crippen LogP contribution is 2.43. The summed E-state index contributed by atoms with van der Waals surface area (Å²) in [7, 11) is 0. The van der Waals surface area contributed by atoms with Crippen LogP contribution in [0.15, 0.2) is 23.3 Å². The minimum absolute atomic E-state index is 0.0577. The van der Waals surface area contributed by atoms with Gasteiger partial charge in [0.15, 0.2) is 18.4 Å². The third-order valence-corrected chi connectivity index (χ3v) is 7.21. The summed E-state index contributed by atoms with van der Waals surface area (Å²) in [6, 6.07) is 0. The van der Waals surface area contributed by atoms with Crippen molar-refractivity contribution in [2.45, 2.75) is 108 Å². The second kappa shape index (κ2) is 12.3. The molecular weight excluding hydrogens is 492 g/mol. The van der Waals surface area contributed by atoms with Gasteiger partial charge in [-0.2, -0.15) is 0 Å². The van der Waals surface area contributed by atoms with Crippen molar-refractivity contribution in [1.29, 1.82) is 0 Å². The van der Waals surface area contributed by atoms with Crippen LogP contribution in [0.5, 0.6) is 0 Å². The molecule has 0 saturated carbocycles. The van der Waals surface area contributed by atoms with Crippen LogP contribution in [0.2, 0.25) is 0 Å². The number of hydrogen-bond acceptors (Lipinski definition) is 12. The lowest BCUT2D eigenvalue weighted by Crippen LogP contribution is -2.62. The SMILES string of the molecule is CC(=O)C=CC1=C(C)C[C@@H](O[C@@H]2O[C@H](CO[C@@H]3O[C@H](CO)[C@@H](O)[C@H](O)[C@H]3O)[C@@H](O)[C@H](O)[C@H]2O)CC1(C)C. The van der Waals surface area contributed by atoms with Crippen LogP contribution in [-0.4, -0.2) is 122 Å². The van der Waals surface area contributed by atoms with Gasteiger partial charge in [-0.3, -0.25) is 4.79 Å². The number of hydrogen-bond donors (Lipinski definition) is 7. The van der Waals surface area contributed by atoms with Crippen molar-refractivity contribution in [3.63, 3.8) is 0 Å². The Morgan fingerprint density at radius 3 is 2.08 bits per heavy atom. The molecule has 0 aromatic heterocycles. The summed E-state index contributed by atoms with van der Waals surface area (Å²) in [6.07, 6.45) is -10.7. The van der Waals surface area contributed by atoms with E-state index in [0.29, 0.717) is 12.8 Å². The molecule has 37 heavy (non-hydrogen) atoms. The van der Waals surface area contributed by atoms with Crippen LogP contribution in [0.4, 0.5) is 0 Å². The van der Waals surface area contributed by atoms with E-state index < -0.39 is 80.7 Å². The highest BCUT2D eigenvalue weighted by Gasteiger charge is 2.48. The monoisotopic (exact) mass is 532 g/mol. The summed E-state index contributed by atoms with van der Waals surface area (Å²) in [5, 5.41) is 70.7. The molecule has 1 aliphatic carbocycles. The Morgan fingerprint density at radius 2 is 1.51 bits per heavy atom. The van der Waals surface area contributed by atoms with Crippen LogP contribution in [0, 0.1) is 5.41 Å². The van der Waals surface area contributed by atoms with Crippen LogP contribution in [0.25, 0.3) is 0 Å². The van der Waals surface area contributed by atoms with Crippen LogP contribution in [-0.2, 0) is 23.7 Å². The van der Waals surface area contributed by atoms with Gasteiger partial charge in [0, 0.05) is 0 Å². The molecule has 7 N–H and O–H groups in total. The van der Waals surface area contributed by atoms with Gasteiger partial charge >= 0.3 is 0 Å². The van der Waals surface area contributed by atoms with Gasteiger partial charge in [-0.15, -0.1) is 0 Å². The van der Waals surface area contributed by atoms with Gasteiger partial charge in [0.2, 0.25) is 0 Å². The molecule has 11 atom stereocenters. The lowest BCUT2D eigenvalue weighted by Gasteiger charge is -2.44. The lowest BCUT2D eigenvalue weighted by molar-refractivity contribution is -0.336. The van der Waals surface area contributed by atoms with Crippen LogP contribution in [0.3, 0.4) is 0 Å². The highest BCUT2D eigenvalue weighted by atomic mass is 16.7. The number of carbonyl (C=O) groups is 1. The summed E-state index contributed by atoms with van der Waals surface area (Å²) in [6.45, 7) is 6.38. The molecule has 3 rings (SSSR count). The summed E-state index contributed by atoms with van der Waals surface area (Å²) in [4.78, 5) is 11.4. The lowest BCUT2D eigenvalue weighted by atomic mass is 9.71. The Bertz CT molecular complexity index is 855. The van der Waals surface area contributed by atoms with Crippen LogP contribution >= 0.6 is 0 Å². The minimum atomic E-state index is -1.65. The largest absolute Gasteiger partial charge is 0.394 e. The average molecular weight is 533 g/mol. The number of allylic oxidation sites excluding steroid dienone is 3. The van der Waals surface area contributed by atoms with Crippen molar-refractivity contribution < 1.29 is 59.5 Å². The first-order valence-electron chi connectivity index (χ1n) is 12.4. The van der Waals surface area contributed by atoms with Crippen LogP contribution < -0.4 is 0 Å². The number of rotatable bonds is 8. The second-order valence-electron chi connectivity index (χ2n) is 10.7. The second-order valence-corrected chi connectivity index (χ2v) is 10.7. The molecule has 0 aromatic carbocycles. The standard InChI is InChI=1S/C25H40O12/c1-11-7-13(8-25(3,4)14(11)6-5-12(2)27)35-24-22(33)20(31)18(29)16(37-24)10-34-23-21(32)19(30)17(28)15(9-26)36-23/h5-6,13,15-24,26,28-33H,7-10H2,1-4H3/t13-,15-,16-,17-,18-,19+,20+,21-,22-,23-,24-/m1/s1. The van der Waals surface area contributed by atoms with Crippen LogP contribution in [0.1, 0.15) is 40.5 Å². The molecule has 0 amide bonds. The zero-order chi connectivity index (χ0) is 27.7. The van der Waals surface area contributed by atoms with Gasteiger partial charge < -0.3 is 54.7 Å². The van der Waals surface area contributed by atoms with Gasteiger partial charge in [-0.25, -0.2) is 0 Å². The van der Waals surface area contributed by atoms with Gasteiger partial charge in [-0.1, -0.05) is 25.5 Å². The fourth-order valence-electron chi connectivity index (χ4n) is 5.20. The van der Waals surface area contributed by atoms with Crippen molar-refractivity contribution >= 4 is 5.78 Å². The van der Waals surface area contributed by atoms with E-state index in [1.165, 1.54) is 13.0 Å². The number of aliphatic hydroxyl groups excluding tert-OH is 7. The van der Waals surface area contributed by atoms with Gasteiger partial charge in [0.1, 0.15) is 48.8 Å². The maximum absolute atomic E-state index is 11.4. The number of ketones is 1. The molecular formula is C25H40O12. The molecule has 0 bridgehead atoms. The molecule has 0 aromatic rings. The Balaban J connectivity index is 1.66. The highest BCUT2D eigenvalue weighted by molar-refractivity contribution is 5.87. The molecule has 0 radical (unpaired) electrons. The quantitative estimate of drug-likeness (QED) is 0.175. The van der Waals surface area contributed by atoms with E-state index >= 15 is 0 Å². The predicted octanol–water partition coefficient (Wildman–Crippen LogP) is -1.72. The normalized spacial score (nSPS) is 42.8. The van der Waals surface area contributed by atoms with E-state index in [0.717, 1.165) is 11.1 Å². The molecule has 2 aliphatic heterocycles. The molecule has 12 nitrogen and oxygen atoms in total. The molecule has 3 aliphatic rings. The molecule has 0 unspecified atom stereocenters. The summed E-state index contributed by atoms with van der Waals surface area (Å²) in [5.74, 6) is -0.0577. The summed E-state index contributed by atoms with van der Waals surface area (Å²) >= 11 is 0. The third-order valence-electron chi connectivity index (χ3n) is 7.21. The van der Waals surface area contributed by atoms with E-state index in [4.69, 9.17) is 18.9 Å². The number of aliphatic hydroxyl groups is 7. The van der Waals surface area contributed by atoms with Crippen molar-refractivity contribution in [2.24, 2.45) is 5.41 Å². The van der Waals surface area contributed by atoms with Gasteiger partial charge in [-0.05, 0) is 43.8 Å². The number of carbonyl (C=O) groups excluding carboxylic acids is 1. The fourth-order valence-corrected chi connectivity index (χ4v) is 5.20. The molecule has 2 saturated heterocycles. The topological polar surface area (TPSA) is 196 Å². The maximum Gasteiger partial charge on any atom is 0.186 e. The van der Waals surface area contributed by atoms with Crippen molar-refractivity contribution in [3.05, 3.63) is 23.3 Å². The molecule has 2 fully saturated rings. The zero-order valence-corrected chi connectivity index (χ0v) is 21.5. The fraction of sp³-hybridized carbons (Fsp3) is 0.800. The Hall–Kier alpha value is -1.29. The van der Waals surface area contributed by atoms with E-state index in [1.54, 1.807) is 0 Å². The Kier molecular flexibility index (Phi) is 10.0.